The first-order valence-corrected chi connectivity index (χ1v) is 13.0. The number of para-hydroxylation sites is 1. The second kappa shape index (κ2) is 8.64. The van der Waals surface area contributed by atoms with Crippen LogP contribution in [0.2, 0.25) is 5.02 Å². The number of anilines is 1. The molecule has 3 heterocycles. The van der Waals surface area contributed by atoms with E-state index in [0.29, 0.717) is 17.3 Å². The summed E-state index contributed by atoms with van der Waals surface area (Å²) in [6, 6.07) is 19.8. The topological polar surface area (TPSA) is 37.3 Å². The van der Waals surface area contributed by atoms with Crippen LogP contribution in [-0.2, 0) is 19.4 Å². The van der Waals surface area contributed by atoms with Crippen LogP contribution in [0.25, 0.3) is 5.00 Å². The van der Waals surface area contributed by atoms with Gasteiger partial charge in [-0.25, -0.2) is 4.79 Å². The fraction of sp³-hybridized carbons (Fsp3) is 0.250. The number of urea groups is 1. The monoisotopic (exact) mass is 487 g/mol. The minimum Gasteiger partial charge on any atom is -0.310 e. The molecule has 2 aliphatic rings. The van der Waals surface area contributed by atoms with Crippen molar-refractivity contribution in [3.05, 3.63) is 105 Å². The molecular weight excluding hydrogens is 462 g/mol. The molecule has 0 radical (unpaired) electrons. The Morgan fingerprint density at radius 2 is 1.88 bits per heavy atom. The predicted molar refractivity (Wildman–Crippen MR) is 139 cm³/mol. The van der Waals surface area contributed by atoms with Gasteiger partial charge in [0.1, 0.15) is 5.00 Å². The summed E-state index contributed by atoms with van der Waals surface area (Å²) in [6.07, 6.45) is 6.83. The van der Waals surface area contributed by atoms with Crippen LogP contribution in [0, 0.1) is 6.92 Å². The molecule has 0 spiro atoms. The minimum absolute atomic E-state index is 0.143. The Balaban J connectivity index is 1.51. The second-order valence-electron chi connectivity index (χ2n) is 9.15. The molecule has 0 saturated carbocycles. The molecule has 0 saturated heterocycles. The van der Waals surface area contributed by atoms with Gasteiger partial charge in [-0.3, -0.25) is 0 Å². The van der Waals surface area contributed by atoms with Crippen molar-refractivity contribution in [2.75, 3.05) is 5.32 Å². The summed E-state index contributed by atoms with van der Waals surface area (Å²) < 4.78 is 2.31. The van der Waals surface area contributed by atoms with E-state index in [2.05, 4.69) is 59.4 Å². The number of carbonyl (C=O) groups excluding carboxylic acids is 1. The summed E-state index contributed by atoms with van der Waals surface area (Å²) in [6.45, 7) is 2.67. The number of fused-ring (bicyclic) bond motifs is 5. The van der Waals surface area contributed by atoms with Crippen molar-refractivity contribution in [1.82, 2.24) is 9.47 Å². The molecule has 4 nitrogen and oxygen atoms in total. The largest absolute Gasteiger partial charge is 0.323 e. The number of aromatic nitrogens is 1. The number of rotatable bonds is 2. The number of aryl methyl sites for hydroxylation is 2. The SMILES string of the molecule is Cc1cccc([C@H]2c3cccn3-c3sc4c(c3CN2C(=O)Nc2ccccc2Cl)CCCC4)c1. The molecule has 1 N–H and O–H groups in total. The van der Waals surface area contributed by atoms with Crippen molar-refractivity contribution in [2.24, 2.45) is 0 Å². The van der Waals surface area contributed by atoms with Gasteiger partial charge in [-0.2, -0.15) is 0 Å². The molecule has 6 rings (SSSR count). The van der Waals surface area contributed by atoms with E-state index in [0.717, 1.165) is 24.1 Å². The number of nitrogens with one attached hydrogen (secondary N) is 1. The van der Waals surface area contributed by atoms with Gasteiger partial charge in [0.15, 0.2) is 0 Å². The average molecular weight is 488 g/mol. The van der Waals surface area contributed by atoms with Crippen LogP contribution in [0.5, 0.6) is 0 Å². The lowest BCUT2D eigenvalue weighted by Crippen LogP contribution is -2.38. The predicted octanol–water partition coefficient (Wildman–Crippen LogP) is 7.52. The third kappa shape index (κ3) is 3.64. The van der Waals surface area contributed by atoms with E-state index in [1.807, 2.05) is 34.4 Å². The summed E-state index contributed by atoms with van der Waals surface area (Å²) in [5.74, 6) is 0. The van der Waals surface area contributed by atoms with E-state index in [1.54, 1.807) is 6.07 Å². The molecule has 1 aliphatic carbocycles. The van der Waals surface area contributed by atoms with E-state index in [9.17, 15) is 4.79 Å². The first-order valence-electron chi connectivity index (χ1n) is 11.8. The Kier molecular flexibility index (Phi) is 5.47. The van der Waals surface area contributed by atoms with Crippen LogP contribution in [-0.4, -0.2) is 15.5 Å². The van der Waals surface area contributed by atoms with E-state index >= 15 is 0 Å². The zero-order valence-electron chi connectivity index (χ0n) is 19.1. The molecule has 4 aromatic rings. The zero-order valence-corrected chi connectivity index (χ0v) is 20.6. The Morgan fingerprint density at radius 1 is 1.03 bits per heavy atom. The van der Waals surface area contributed by atoms with Crippen LogP contribution >= 0.6 is 22.9 Å². The molecule has 1 atom stereocenters. The summed E-state index contributed by atoms with van der Waals surface area (Å²) >= 11 is 8.30. The first kappa shape index (κ1) is 21.5. The van der Waals surface area contributed by atoms with Gasteiger partial charge >= 0.3 is 6.03 Å². The van der Waals surface area contributed by atoms with Crippen molar-refractivity contribution in [3.63, 3.8) is 0 Å². The van der Waals surface area contributed by atoms with Crippen molar-refractivity contribution in [2.45, 2.75) is 45.2 Å². The number of nitrogens with zero attached hydrogens (tertiary/aromatic N) is 2. The molecule has 2 aromatic heterocycles. The van der Waals surface area contributed by atoms with Crippen molar-refractivity contribution >= 4 is 34.7 Å². The van der Waals surface area contributed by atoms with Crippen molar-refractivity contribution in [3.8, 4) is 5.00 Å². The van der Waals surface area contributed by atoms with Gasteiger partial charge in [0, 0.05) is 16.6 Å². The van der Waals surface area contributed by atoms with E-state index < -0.39 is 0 Å². The molecule has 1 aliphatic heterocycles. The normalized spacial score (nSPS) is 16.9. The molecular formula is C28H26ClN3OS. The summed E-state index contributed by atoms with van der Waals surface area (Å²) in [7, 11) is 0. The summed E-state index contributed by atoms with van der Waals surface area (Å²) in [5.41, 5.74) is 6.77. The highest BCUT2D eigenvalue weighted by molar-refractivity contribution is 7.15. The third-order valence-corrected chi connectivity index (χ3v) is 8.58. The molecule has 34 heavy (non-hydrogen) atoms. The smallest absolute Gasteiger partial charge is 0.310 e. The molecule has 0 fully saturated rings. The zero-order chi connectivity index (χ0) is 23.2. The van der Waals surface area contributed by atoms with Crippen LogP contribution < -0.4 is 5.32 Å². The average Bonchev–Trinajstić information content (AvgIpc) is 3.42. The number of hydrogen-bond donors (Lipinski definition) is 1. The van der Waals surface area contributed by atoms with Gasteiger partial charge in [0.05, 0.1) is 29.0 Å². The molecule has 2 amide bonds. The highest BCUT2D eigenvalue weighted by atomic mass is 35.5. The number of amides is 2. The van der Waals surface area contributed by atoms with Crippen molar-refractivity contribution < 1.29 is 4.79 Å². The highest BCUT2D eigenvalue weighted by Gasteiger charge is 2.36. The Bertz CT molecular complexity index is 1390. The van der Waals surface area contributed by atoms with Crippen LogP contribution in [0.15, 0.2) is 66.9 Å². The summed E-state index contributed by atoms with van der Waals surface area (Å²) in [5, 5.41) is 4.90. The minimum atomic E-state index is -0.212. The van der Waals surface area contributed by atoms with Gasteiger partial charge in [-0.15, -0.1) is 11.3 Å². The third-order valence-electron chi connectivity index (χ3n) is 6.91. The summed E-state index contributed by atoms with van der Waals surface area (Å²) in [4.78, 5) is 17.4. The number of hydrogen-bond acceptors (Lipinski definition) is 2. The molecule has 172 valence electrons. The maximum absolute atomic E-state index is 13.9. The fourth-order valence-electron chi connectivity index (χ4n) is 5.33. The number of benzene rings is 2. The van der Waals surface area contributed by atoms with E-state index in [-0.39, 0.29) is 12.1 Å². The Hall–Kier alpha value is -3.02. The maximum atomic E-state index is 13.9. The molecule has 6 heteroatoms. The quantitative estimate of drug-likeness (QED) is 0.312. The lowest BCUT2D eigenvalue weighted by molar-refractivity contribution is 0.194. The van der Waals surface area contributed by atoms with Crippen molar-refractivity contribution in [1.29, 1.82) is 0 Å². The fourth-order valence-corrected chi connectivity index (χ4v) is 6.91. The number of halogens is 1. The Labute approximate surface area is 208 Å². The Morgan fingerprint density at radius 3 is 2.74 bits per heavy atom. The van der Waals surface area contributed by atoms with E-state index in [4.69, 9.17) is 11.6 Å². The number of thiophene rings is 1. The maximum Gasteiger partial charge on any atom is 0.323 e. The lowest BCUT2D eigenvalue weighted by Gasteiger charge is -2.31. The highest BCUT2D eigenvalue weighted by Crippen LogP contribution is 2.44. The second-order valence-corrected chi connectivity index (χ2v) is 10.6. The van der Waals surface area contributed by atoms with Gasteiger partial charge < -0.3 is 14.8 Å². The van der Waals surface area contributed by atoms with Crippen LogP contribution in [0.1, 0.15) is 51.7 Å². The van der Waals surface area contributed by atoms with Gasteiger partial charge in [-0.05, 0) is 68.0 Å². The van der Waals surface area contributed by atoms with Crippen LogP contribution in [0.3, 0.4) is 0 Å². The molecule has 0 unspecified atom stereocenters. The van der Waals surface area contributed by atoms with Gasteiger partial charge in [-0.1, -0.05) is 53.6 Å². The first-order chi connectivity index (χ1) is 16.6. The van der Waals surface area contributed by atoms with Crippen LogP contribution in [0.4, 0.5) is 10.5 Å². The standard InChI is InChI=1S/C28H26ClN3OS/c1-18-8-6-9-19(16-18)26-24-13-7-15-31(24)27-21(20-10-2-5-14-25(20)34-27)17-32(26)28(33)30-23-12-4-3-11-22(23)29/h3-4,6-9,11-13,15-16,26H,2,5,10,14,17H2,1H3,(H,30,33)/t26-/m0/s1. The van der Waals surface area contributed by atoms with E-state index in [1.165, 1.54) is 39.4 Å². The lowest BCUT2D eigenvalue weighted by atomic mass is 9.95. The molecule has 0 bridgehead atoms. The number of carbonyl (C=O) groups is 1. The van der Waals surface area contributed by atoms with Gasteiger partial charge in [0.2, 0.25) is 0 Å². The molecule has 2 aromatic carbocycles. The van der Waals surface area contributed by atoms with Gasteiger partial charge in [0.25, 0.3) is 0 Å².